The highest BCUT2D eigenvalue weighted by atomic mass is 16.5. The first kappa shape index (κ1) is 15.3. The van der Waals surface area contributed by atoms with Crippen LogP contribution in [0, 0.1) is 0 Å². The third kappa shape index (κ3) is 3.35. The highest BCUT2D eigenvalue weighted by Gasteiger charge is 2.29. The van der Waals surface area contributed by atoms with E-state index in [0.717, 1.165) is 12.1 Å². The molecule has 0 spiro atoms. The SMILES string of the molecule is O=C(c1cccc(-n2cccn2)c1)N1CCC(Oc2ncccn2)C1. The molecule has 4 rings (SSSR count). The second kappa shape index (κ2) is 6.72. The normalized spacial score (nSPS) is 16.8. The van der Waals surface area contributed by atoms with Gasteiger partial charge in [-0.2, -0.15) is 5.10 Å². The monoisotopic (exact) mass is 335 g/mol. The van der Waals surface area contributed by atoms with Crippen LogP contribution in [0.1, 0.15) is 16.8 Å². The summed E-state index contributed by atoms with van der Waals surface area (Å²) < 4.78 is 7.48. The van der Waals surface area contributed by atoms with E-state index in [1.807, 2.05) is 36.5 Å². The van der Waals surface area contributed by atoms with Crippen LogP contribution in [-0.4, -0.2) is 49.7 Å². The second-order valence-electron chi connectivity index (χ2n) is 5.81. The zero-order valence-corrected chi connectivity index (χ0v) is 13.5. The number of carbonyl (C=O) groups is 1. The average Bonchev–Trinajstić information content (AvgIpc) is 3.34. The number of rotatable bonds is 4. The van der Waals surface area contributed by atoms with E-state index in [9.17, 15) is 4.79 Å². The van der Waals surface area contributed by atoms with Gasteiger partial charge in [0, 0.05) is 43.3 Å². The van der Waals surface area contributed by atoms with Crippen molar-refractivity contribution >= 4 is 5.91 Å². The van der Waals surface area contributed by atoms with Gasteiger partial charge in [-0.25, -0.2) is 14.6 Å². The number of nitrogens with zero attached hydrogens (tertiary/aromatic N) is 5. The van der Waals surface area contributed by atoms with E-state index in [2.05, 4.69) is 15.1 Å². The molecule has 0 aliphatic carbocycles. The summed E-state index contributed by atoms with van der Waals surface area (Å²) in [5.41, 5.74) is 1.50. The van der Waals surface area contributed by atoms with Gasteiger partial charge in [-0.3, -0.25) is 4.79 Å². The lowest BCUT2D eigenvalue weighted by Crippen LogP contribution is -2.31. The minimum absolute atomic E-state index is 0.00548. The third-order valence-corrected chi connectivity index (χ3v) is 4.11. The van der Waals surface area contributed by atoms with Gasteiger partial charge in [-0.05, 0) is 30.3 Å². The molecule has 0 radical (unpaired) electrons. The topological polar surface area (TPSA) is 73.1 Å². The first-order valence-corrected chi connectivity index (χ1v) is 8.12. The van der Waals surface area contributed by atoms with E-state index in [0.29, 0.717) is 24.7 Å². The Balaban J connectivity index is 1.44. The highest BCUT2D eigenvalue weighted by Crippen LogP contribution is 2.18. The zero-order chi connectivity index (χ0) is 17.1. The van der Waals surface area contributed by atoms with Crippen molar-refractivity contribution < 1.29 is 9.53 Å². The largest absolute Gasteiger partial charge is 0.458 e. The van der Waals surface area contributed by atoms with Crippen LogP contribution in [0.4, 0.5) is 0 Å². The van der Waals surface area contributed by atoms with Crippen molar-refractivity contribution in [2.75, 3.05) is 13.1 Å². The fourth-order valence-electron chi connectivity index (χ4n) is 2.89. The maximum atomic E-state index is 12.8. The van der Waals surface area contributed by atoms with Gasteiger partial charge in [0.15, 0.2) is 0 Å². The molecule has 0 saturated carbocycles. The first-order valence-electron chi connectivity index (χ1n) is 8.12. The number of amides is 1. The van der Waals surface area contributed by atoms with Gasteiger partial charge in [0.2, 0.25) is 0 Å². The number of aromatic nitrogens is 4. The Morgan fingerprint density at radius 1 is 1.12 bits per heavy atom. The summed E-state index contributed by atoms with van der Waals surface area (Å²) in [6.07, 6.45) is 7.52. The number of ether oxygens (including phenoxy) is 1. The molecule has 3 aromatic rings. The summed E-state index contributed by atoms with van der Waals surface area (Å²) in [4.78, 5) is 22.7. The van der Waals surface area contributed by atoms with Gasteiger partial charge >= 0.3 is 6.01 Å². The minimum Gasteiger partial charge on any atom is -0.458 e. The minimum atomic E-state index is -0.0827. The molecule has 1 saturated heterocycles. The lowest BCUT2D eigenvalue weighted by Gasteiger charge is -2.17. The molecule has 7 heteroatoms. The Hall–Kier alpha value is -3.22. The van der Waals surface area contributed by atoms with E-state index in [1.165, 1.54) is 0 Å². The lowest BCUT2D eigenvalue weighted by molar-refractivity contribution is 0.0769. The van der Waals surface area contributed by atoms with Gasteiger partial charge in [-0.1, -0.05) is 6.07 Å². The molecule has 126 valence electrons. The number of carbonyl (C=O) groups excluding carboxylic acids is 1. The lowest BCUT2D eigenvalue weighted by atomic mass is 10.2. The molecule has 0 bridgehead atoms. The Kier molecular flexibility index (Phi) is 4.12. The summed E-state index contributed by atoms with van der Waals surface area (Å²) in [6, 6.07) is 11.4. The van der Waals surface area contributed by atoms with Crippen LogP contribution in [0.3, 0.4) is 0 Å². The molecule has 25 heavy (non-hydrogen) atoms. The van der Waals surface area contributed by atoms with Crippen LogP contribution < -0.4 is 4.74 Å². The molecule has 1 unspecified atom stereocenters. The molecular weight excluding hydrogens is 318 g/mol. The van der Waals surface area contributed by atoms with E-state index < -0.39 is 0 Å². The fourth-order valence-corrected chi connectivity index (χ4v) is 2.89. The van der Waals surface area contributed by atoms with Gasteiger partial charge in [0.1, 0.15) is 6.10 Å². The Labute approximate surface area is 144 Å². The standard InChI is InChI=1S/C18H17N5O2/c24-17(14-4-1-5-15(12-14)23-10-3-9-21-23)22-11-6-16(13-22)25-18-19-7-2-8-20-18/h1-5,7-10,12,16H,6,11,13H2. The molecule has 3 heterocycles. The van der Waals surface area contributed by atoms with Crippen molar-refractivity contribution in [1.29, 1.82) is 0 Å². The van der Waals surface area contributed by atoms with Crippen molar-refractivity contribution in [3.8, 4) is 11.7 Å². The maximum Gasteiger partial charge on any atom is 0.316 e. The molecule has 1 atom stereocenters. The van der Waals surface area contributed by atoms with E-state index in [4.69, 9.17) is 4.74 Å². The van der Waals surface area contributed by atoms with E-state index in [1.54, 1.807) is 34.2 Å². The molecule has 1 aliphatic heterocycles. The van der Waals surface area contributed by atoms with Crippen LogP contribution >= 0.6 is 0 Å². The van der Waals surface area contributed by atoms with Gasteiger partial charge in [0.25, 0.3) is 5.91 Å². The number of likely N-dealkylation sites (tertiary alicyclic amines) is 1. The van der Waals surface area contributed by atoms with Crippen molar-refractivity contribution in [2.45, 2.75) is 12.5 Å². The predicted octanol–water partition coefficient (Wildman–Crippen LogP) is 1.96. The fraction of sp³-hybridized carbons (Fsp3) is 0.222. The highest BCUT2D eigenvalue weighted by molar-refractivity contribution is 5.95. The molecule has 0 N–H and O–H groups in total. The van der Waals surface area contributed by atoms with Crippen molar-refractivity contribution in [3.05, 3.63) is 66.7 Å². The van der Waals surface area contributed by atoms with Gasteiger partial charge in [-0.15, -0.1) is 0 Å². The van der Waals surface area contributed by atoms with Gasteiger partial charge in [0.05, 0.1) is 12.2 Å². The molecule has 1 fully saturated rings. The number of benzene rings is 1. The summed E-state index contributed by atoms with van der Waals surface area (Å²) in [5.74, 6) is -0.00548. The molecule has 2 aromatic heterocycles. The smallest absolute Gasteiger partial charge is 0.316 e. The first-order chi connectivity index (χ1) is 12.3. The van der Waals surface area contributed by atoms with Crippen LogP contribution in [0.5, 0.6) is 6.01 Å². The molecule has 1 aliphatic rings. The van der Waals surface area contributed by atoms with Crippen molar-refractivity contribution in [3.63, 3.8) is 0 Å². The Bertz CT molecular complexity index is 851. The van der Waals surface area contributed by atoms with Crippen LogP contribution in [0.25, 0.3) is 5.69 Å². The third-order valence-electron chi connectivity index (χ3n) is 4.11. The van der Waals surface area contributed by atoms with E-state index in [-0.39, 0.29) is 12.0 Å². The summed E-state index contributed by atoms with van der Waals surface area (Å²) in [5, 5.41) is 4.20. The van der Waals surface area contributed by atoms with Crippen molar-refractivity contribution in [1.82, 2.24) is 24.6 Å². The summed E-state index contributed by atoms with van der Waals surface area (Å²) >= 11 is 0. The molecule has 7 nitrogen and oxygen atoms in total. The zero-order valence-electron chi connectivity index (χ0n) is 13.5. The second-order valence-corrected chi connectivity index (χ2v) is 5.81. The summed E-state index contributed by atoms with van der Waals surface area (Å²) in [6.45, 7) is 1.19. The molecular formula is C18H17N5O2. The molecule has 1 aromatic carbocycles. The van der Waals surface area contributed by atoms with Gasteiger partial charge < -0.3 is 9.64 Å². The summed E-state index contributed by atoms with van der Waals surface area (Å²) in [7, 11) is 0. The Morgan fingerprint density at radius 2 is 2.00 bits per heavy atom. The average molecular weight is 335 g/mol. The van der Waals surface area contributed by atoms with Crippen LogP contribution in [-0.2, 0) is 0 Å². The number of hydrogen-bond donors (Lipinski definition) is 0. The maximum absolute atomic E-state index is 12.8. The predicted molar refractivity (Wildman–Crippen MR) is 90.5 cm³/mol. The Morgan fingerprint density at radius 3 is 2.80 bits per heavy atom. The molecule has 1 amide bonds. The number of hydrogen-bond acceptors (Lipinski definition) is 5. The van der Waals surface area contributed by atoms with Crippen LogP contribution in [0.15, 0.2) is 61.2 Å². The van der Waals surface area contributed by atoms with E-state index >= 15 is 0 Å². The van der Waals surface area contributed by atoms with Crippen molar-refractivity contribution in [2.24, 2.45) is 0 Å². The quantitative estimate of drug-likeness (QED) is 0.729. The van der Waals surface area contributed by atoms with Crippen LogP contribution in [0.2, 0.25) is 0 Å².